The fourth-order valence-corrected chi connectivity index (χ4v) is 3.29. The molecule has 0 bridgehead atoms. The van der Waals surface area contributed by atoms with Crippen LogP contribution in [0.25, 0.3) is 0 Å². The molecule has 0 spiro atoms. The van der Waals surface area contributed by atoms with Crippen LogP contribution in [0.15, 0.2) is 24.5 Å². The monoisotopic (exact) mass is 466 g/mol. The number of carboxylic acids is 1. The van der Waals surface area contributed by atoms with E-state index in [9.17, 15) is 18.0 Å². The van der Waals surface area contributed by atoms with Gasteiger partial charge >= 0.3 is 12.1 Å². The van der Waals surface area contributed by atoms with Crippen molar-refractivity contribution in [2.24, 2.45) is 5.92 Å². The minimum atomic E-state index is -5.08. The largest absolute Gasteiger partial charge is 0.490 e. The highest BCUT2D eigenvalue weighted by molar-refractivity contribution is 5.98. The van der Waals surface area contributed by atoms with Crippen molar-refractivity contribution in [2.45, 2.75) is 31.9 Å². The first-order chi connectivity index (χ1) is 15.7. The van der Waals surface area contributed by atoms with Crippen LogP contribution in [0, 0.1) is 5.92 Å². The second-order valence-corrected chi connectivity index (χ2v) is 7.73. The summed E-state index contributed by atoms with van der Waals surface area (Å²) in [6, 6.07) is 3.83. The van der Waals surface area contributed by atoms with E-state index in [2.05, 4.69) is 25.5 Å². The summed E-state index contributed by atoms with van der Waals surface area (Å²) < 4.78 is 31.7. The summed E-state index contributed by atoms with van der Waals surface area (Å²) in [5.74, 6) is -0.671. The lowest BCUT2D eigenvalue weighted by atomic mass is 10.1. The smallest absolute Gasteiger partial charge is 0.475 e. The molecule has 2 aromatic rings. The molecule has 178 valence electrons. The Hall–Kier alpha value is -3.44. The van der Waals surface area contributed by atoms with E-state index in [1.54, 1.807) is 19.4 Å². The third-order valence-electron chi connectivity index (χ3n) is 5.26. The van der Waals surface area contributed by atoms with Gasteiger partial charge in [-0.2, -0.15) is 13.2 Å². The van der Waals surface area contributed by atoms with Gasteiger partial charge in [-0.25, -0.2) is 19.7 Å². The van der Waals surface area contributed by atoms with Crippen molar-refractivity contribution in [1.29, 1.82) is 0 Å². The number of aliphatic carboxylic acids is 1. The second-order valence-electron chi connectivity index (χ2n) is 7.73. The summed E-state index contributed by atoms with van der Waals surface area (Å²) in [6.07, 6.45) is 2.62. The number of nitrogens with zero attached hydrogens (tertiary/aromatic N) is 4. The Kier molecular flexibility index (Phi) is 7.67. The summed E-state index contributed by atoms with van der Waals surface area (Å²) in [5.41, 5.74) is 2.84. The third-order valence-corrected chi connectivity index (χ3v) is 5.26. The first-order valence-electron chi connectivity index (χ1n) is 10.5. The predicted molar refractivity (Wildman–Crippen MR) is 114 cm³/mol. The summed E-state index contributed by atoms with van der Waals surface area (Å²) in [6.45, 7) is 2.53. The van der Waals surface area contributed by atoms with E-state index < -0.39 is 12.1 Å². The van der Waals surface area contributed by atoms with Crippen LogP contribution in [0.3, 0.4) is 0 Å². The number of carbonyl (C=O) groups is 2. The van der Waals surface area contributed by atoms with Gasteiger partial charge in [0.1, 0.15) is 5.82 Å². The first-order valence-corrected chi connectivity index (χ1v) is 10.5. The van der Waals surface area contributed by atoms with Crippen LogP contribution in [0.5, 0.6) is 0 Å². The van der Waals surface area contributed by atoms with E-state index >= 15 is 0 Å². The number of hydrogen-bond acceptors (Lipinski definition) is 7. The molecule has 1 aliphatic heterocycles. The Bertz CT molecular complexity index is 983. The van der Waals surface area contributed by atoms with Gasteiger partial charge in [-0.05, 0) is 42.9 Å². The van der Waals surface area contributed by atoms with Crippen molar-refractivity contribution in [3.05, 3.63) is 41.3 Å². The second kappa shape index (κ2) is 10.5. The van der Waals surface area contributed by atoms with Crippen LogP contribution in [0.4, 0.5) is 24.9 Å². The Morgan fingerprint density at radius 3 is 2.39 bits per heavy atom. The molecule has 0 atom stereocenters. The predicted octanol–water partition coefficient (Wildman–Crippen LogP) is 2.29. The maximum atomic E-state index is 12.3. The summed E-state index contributed by atoms with van der Waals surface area (Å²) in [7, 11) is 1.66. The summed E-state index contributed by atoms with van der Waals surface area (Å²) in [5, 5.41) is 13.3. The Labute approximate surface area is 188 Å². The molecule has 1 amide bonds. The standard InChI is InChI=1S/C19H24N6O.C2HF3O2/c1-20-18(26)15-11-14-5-9-25(19-21-7-2-8-22-19)10-6-16(14)24-17(15)23-12-13-3-4-13;3-2(4,5)1(6)7/h2,7-8,11,13H,3-6,9-10,12H2,1H3,(H,20,26)(H,23,24);(H,6,7). The molecule has 1 saturated carbocycles. The molecule has 33 heavy (non-hydrogen) atoms. The van der Waals surface area contributed by atoms with Crippen molar-refractivity contribution in [3.63, 3.8) is 0 Å². The van der Waals surface area contributed by atoms with Crippen molar-refractivity contribution in [2.75, 3.05) is 36.9 Å². The topological polar surface area (TPSA) is 120 Å². The molecule has 0 saturated heterocycles. The normalized spacial score (nSPS) is 15.5. The van der Waals surface area contributed by atoms with Crippen molar-refractivity contribution in [1.82, 2.24) is 20.3 Å². The SMILES string of the molecule is CNC(=O)c1cc2c(nc1NCC1CC1)CCN(c1ncccn1)CC2.O=C(O)C(F)(F)F. The quantitative estimate of drug-likeness (QED) is 0.614. The fraction of sp³-hybridized carbons (Fsp3) is 0.476. The number of hydrogen-bond donors (Lipinski definition) is 3. The molecule has 3 heterocycles. The number of carboxylic acid groups (broad SMARTS) is 1. The Morgan fingerprint density at radius 2 is 1.82 bits per heavy atom. The highest BCUT2D eigenvalue weighted by atomic mass is 19.4. The van der Waals surface area contributed by atoms with Crippen LogP contribution in [-0.4, -0.2) is 64.8 Å². The highest BCUT2D eigenvalue weighted by Gasteiger charge is 2.38. The molecular formula is C21H25F3N6O3. The minimum Gasteiger partial charge on any atom is -0.475 e. The molecule has 0 unspecified atom stereocenters. The van der Waals surface area contributed by atoms with Gasteiger partial charge in [0.15, 0.2) is 0 Å². The lowest BCUT2D eigenvalue weighted by molar-refractivity contribution is -0.192. The molecule has 0 radical (unpaired) electrons. The van der Waals surface area contributed by atoms with E-state index in [0.29, 0.717) is 11.4 Å². The number of rotatable bonds is 5. The van der Waals surface area contributed by atoms with Crippen LogP contribution in [0.2, 0.25) is 0 Å². The number of pyridine rings is 1. The van der Waals surface area contributed by atoms with E-state index in [1.807, 2.05) is 12.1 Å². The van der Waals surface area contributed by atoms with Gasteiger partial charge in [-0.15, -0.1) is 0 Å². The van der Waals surface area contributed by atoms with Crippen LogP contribution in [0.1, 0.15) is 34.5 Å². The third kappa shape index (κ3) is 6.77. The Balaban J connectivity index is 0.000000383. The van der Waals surface area contributed by atoms with Gasteiger partial charge in [-0.1, -0.05) is 0 Å². The van der Waals surface area contributed by atoms with Gasteiger partial charge in [0.2, 0.25) is 5.95 Å². The van der Waals surface area contributed by atoms with Crippen LogP contribution < -0.4 is 15.5 Å². The summed E-state index contributed by atoms with van der Waals surface area (Å²) in [4.78, 5) is 37.0. The molecule has 0 aromatic carbocycles. The molecule has 3 N–H and O–H groups in total. The van der Waals surface area contributed by atoms with Crippen molar-refractivity contribution < 1.29 is 27.9 Å². The van der Waals surface area contributed by atoms with Gasteiger partial charge in [0.25, 0.3) is 5.91 Å². The number of aromatic nitrogens is 3. The number of carbonyl (C=O) groups excluding carboxylic acids is 1. The lowest BCUT2D eigenvalue weighted by Gasteiger charge is -2.19. The van der Waals surface area contributed by atoms with Crippen LogP contribution >= 0.6 is 0 Å². The number of amides is 1. The average Bonchev–Trinajstić information content (AvgIpc) is 3.63. The molecular weight excluding hydrogens is 441 g/mol. The maximum Gasteiger partial charge on any atom is 0.490 e. The van der Waals surface area contributed by atoms with E-state index in [0.717, 1.165) is 55.6 Å². The Morgan fingerprint density at radius 1 is 1.18 bits per heavy atom. The zero-order chi connectivity index (χ0) is 24.0. The van der Waals surface area contributed by atoms with E-state index in [-0.39, 0.29) is 5.91 Å². The minimum absolute atomic E-state index is 0.0916. The molecule has 2 aromatic heterocycles. The zero-order valence-electron chi connectivity index (χ0n) is 18.0. The number of alkyl halides is 3. The number of nitrogens with one attached hydrogen (secondary N) is 2. The van der Waals surface area contributed by atoms with Crippen molar-refractivity contribution in [3.8, 4) is 0 Å². The summed E-state index contributed by atoms with van der Waals surface area (Å²) >= 11 is 0. The van der Waals surface area contributed by atoms with E-state index in [1.165, 1.54) is 12.8 Å². The maximum absolute atomic E-state index is 12.3. The van der Waals surface area contributed by atoms with Gasteiger partial charge < -0.3 is 20.6 Å². The molecule has 1 aliphatic carbocycles. The van der Waals surface area contributed by atoms with E-state index in [4.69, 9.17) is 14.9 Å². The number of fused-ring (bicyclic) bond motifs is 1. The van der Waals surface area contributed by atoms with Crippen molar-refractivity contribution >= 4 is 23.6 Å². The van der Waals surface area contributed by atoms with Crippen LogP contribution in [-0.2, 0) is 17.6 Å². The molecule has 1 fully saturated rings. The number of anilines is 2. The van der Waals surface area contributed by atoms with Gasteiger partial charge in [0.05, 0.1) is 5.56 Å². The average molecular weight is 466 g/mol. The molecule has 9 nitrogen and oxygen atoms in total. The molecule has 12 heteroatoms. The van der Waals surface area contributed by atoms with Gasteiger partial charge in [0, 0.05) is 51.2 Å². The fourth-order valence-electron chi connectivity index (χ4n) is 3.29. The zero-order valence-corrected chi connectivity index (χ0v) is 18.0. The first kappa shape index (κ1) is 24.2. The molecule has 2 aliphatic rings. The number of halogens is 3. The molecule has 4 rings (SSSR count). The van der Waals surface area contributed by atoms with Gasteiger partial charge in [-0.3, -0.25) is 4.79 Å². The lowest BCUT2D eigenvalue weighted by Crippen LogP contribution is -2.27. The highest BCUT2D eigenvalue weighted by Crippen LogP contribution is 2.30.